The van der Waals surface area contributed by atoms with Gasteiger partial charge in [0.15, 0.2) is 11.6 Å². The topological polar surface area (TPSA) is 56.1 Å². The van der Waals surface area contributed by atoms with Crippen LogP contribution >= 0.6 is 0 Å². The summed E-state index contributed by atoms with van der Waals surface area (Å²) in [5, 5.41) is 6.81. The predicted molar refractivity (Wildman–Crippen MR) is 85.8 cm³/mol. The molecule has 1 aromatic carbocycles. The highest BCUT2D eigenvalue weighted by Gasteiger charge is 2.14. The van der Waals surface area contributed by atoms with Crippen LogP contribution < -0.4 is 10.1 Å². The molecule has 0 spiro atoms. The molecule has 0 saturated heterocycles. The van der Waals surface area contributed by atoms with Crippen LogP contribution in [0.3, 0.4) is 0 Å². The molecule has 2 aromatic rings. The van der Waals surface area contributed by atoms with Crippen LogP contribution in [-0.2, 0) is 13.6 Å². The second kappa shape index (κ2) is 7.58. The Morgan fingerprint density at radius 2 is 2.26 bits per heavy atom. The van der Waals surface area contributed by atoms with E-state index in [9.17, 15) is 9.18 Å². The molecule has 0 unspecified atom stereocenters. The average molecular weight is 317 g/mol. The maximum Gasteiger partial charge on any atom is 0.269 e. The lowest BCUT2D eigenvalue weighted by molar-refractivity contribution is 0.0941. The maximum absolute atomic E-state index is 14.3. The van der Waals surface area contributed by atoms with Gasteiger partial charge in [-0.2, -0.15) is 5.10 Å². The van der Waals surface area contributed by atoms with E-state index in [1.165, 1.54) is 4.68 Å². The van der Waals surface area contributed by atoms with E-state index in [1.807, 2.05) is 19.9 Å². The lowest BCUT2D eigenvalue weighted by atomic mass is 10.2. The van der Waals surface area contributed by atoms with E-state index in [2.05, 4.69) is 10.4 Å². The summed E-state index contributed by atoms with van der Waals surface area (Å²) in [4.78, 5) is 12.1. The van der Waals surface area contributed by atoms with Crippen LogP contribution in [0.4, 0.5) is 4.39 Å². The lowest BCUT2D eigenvalue weighted by Crippen LogP contribution is -2.25. The molecule has 1 N–H and O–H groups in total. The zero-order valence-corrected chi connectivity index (χ0v) is 13.5. The first-order valence-corrected chi connectivity index (χ1v) is 7.33. The van der Waals surface area contributed by atoms with Crippen molar-refractivity contribution >= 4 is 5.91 Å². The molecular formula is C17H20FN3O2. The van der Waals surface area contributed by atoms with Crippen LogP contribution in [0.2, 0.25) is 0 Å². The number of amides is 1. The molecule has 1 heterocycles. The summed E-state index contributed by atoms with van der Waals surface area (Å²) < 4.78 is 21.2. The van der Waals surface area contributed by atoms with E-state index in [0.717, 1.165) is 5.69 Å². The number of benzene rings is 1. The maximum atomic E-state index is 14.3. The van der Waals surface area contributed by atoms with Gasteiger partial charge in [0.1, 0.15) is 12.3 Å². The first kappa shape index (κ1) is 16.7. The number of rotatable bonds is 6. The Morgan fingerprint density at radius 3 is 2.91 bits per heavy atom. The van der Waals surface area contributed by atoms with Gasteiger partial charge in [0.2, 0.25) is 0 Å². The largest absolute Gasteiger partial charge is 0.486 e. The molecule has 6 heteroatoms. The second-order valence-electron chi connectivity index (χ2n) is 5.09. The van der Waals surface area contributed by atoms with E-state index < -0.39 is 5.82 Å². The zero-order chi connectivity index (χ0) is 16.8. The SMILES string of the molecule is CC=CCOc1cccc(CNC(=O)c2cc(C)nn2C)c1F. The summed E-state index contributed by atoms with van der Waals surface area (Å²) in [6.45, 7) is 4.06. The molecule has 23 heavy (non-hydrogen) atoms. The van der Waals surface area contributed by atoms with Gasteiger partial charge in [0.05, 0.1) is 5.69 Å². The Bertz CT molecular complexity index is 723. The number of halogens is 1. The van der Waals surface area contributed by atoms with E-state index in [0.29, 0.717) is 17.9 Å². The Hall–Kier alpha value is -2.63. The number of nitrogens with zero attached hydrogens (tertiary/aromatic N) is 2. The highest BCUT2D eigenvalue weighted by Crippen LogP contribution is 2.20. The summed E-state index contributed by atoms with van der Waals surface area (Å²) in [5.41, 5.74) is 1.56. The van der Waals surface area contributed by atoms with Crippen molar-refractivity contribution in [3.05, 3.63) is 59.2 Å². The molecule has 0 aliphatic heterocycles. The van der Waals surface area contributed by atoms with Crippen molar-refractivity contribution in [2.24, 2.45) is 7.05 Å². The molecule has 2 rings (SSSR count). The Kier molecular flexibility index (Phi) is 5.51. The number of carbonyl (C=O) groups is 1. The van der Waals surface area contributed by atoms with Gasteiger partial charge < -0.3 is 10.1 Å². The molecule has 0 saturated carbocycles. The first-order chi connectivity index (χ1) is 11.0. The second-order valence-corrected chi connectivity index (χ2v) is 5.09. The minimum absolute atomic E-state index is 0.0791. The highest BCUT2D eigenvalue weighted by atomic mass is 19.1. The number of hydrogen-bond donors (Lipinski definition) is 1. The van der Waals surface area contributed by atoms with Crippen LogP contribution in [0.5, 0.6) is 5.75 Å². The van der Waals surface area contributed by atoms with Gasteiger partial charge in [-0.05, 0) is 26.0 Å². The number of aryl methyl sites for hydroxylation is 2. The summed E-state index contributed by atoms with van der Waals surface area (Å²) in [7, 11) is 1.69. The standard InChI is InChI=1S/C17H20FN3O2/c1-4-5-9-23-15-8-6-7-13(16(15)18)11-19-17(22)14-10-12(2)20-21(14)3/h4-8,10H,9,11H2,1-3H3,(H,19,22). The molecule has 1 amide bonds. The first-order valence-electron chi connectivity index (χ1n) is 7.33. The van der Waals surface area contributed by atoms with Gasteiger partial charge in [0.25, 0.3) is 5.91 Å². The number of ether oxygens (including phenoxy) is 1. The fourth-order valence-electron chi connectivity index (χ4n) is 2.13. The third-order valence-electron chi connectivity index (χ3n) is 3.29. The molecule has 0 aliphatic carbocycles. The number of allylic oxidation sites excluding steroid dienone is 1. The van der Waals surface area contributed by atoms with Crippen molar-refractivity contribution in [2.75, 3.05) is 6.61 Å². The van der Waals surface area contributed by atoms with Crippen molar-refractivity contribution in [3.8, 4) is 5.75 Å². The lowest BCUT2D eigenvalue weighted by Gasteiger charge is -2.10. The number of aromatic nitrogens is 2. The van der Waals surface area contributed by atoms with Gasteiger partial charge >= 0.3 is 0 Å². The molecule has 122 valence electrons. The van der Waals surface area contributed by atoms with Crippen LogP contribution in [0.15, 0.2) is 36.4 Å². The quantitative estimate of drug-likeness (QED) is 0.834. The Balaban J connectivity index is 2.04. The predicted octanol–water partition coefficient (Wildman–Crippen LogP) is 2.75. The van der Waals surface area contributed by atoms with Gasteiger partial charge in [-0.3, -0.25) is 9.48 Å². The summed E-state index contributed by atoms with van der Waals surface area (Å²) in [5.74, 6) is -0.586. The average Bonchev–Trinajstić information content (AvgIpc) is 2.86. The summed E-state index contributed by atoms with van der Waals surface area (Å²) in [6, 6.07) is 6.56. The fourth-order valence-corrected chi connectivity index (χ4v) is 2.13. The van der Waals surface area contributed by atoms with Crippen molar-refractivity contribution in [2.45, 2.75) is 20.4 Å². The highest BCUT2D eigenvalue weighted by molar-refractivity contribution is 5.92. The van der Waals surface area contributed by atoms with Gasteiger partial charge in [-0.15, -0.1) is 0 Å². The van der Waals surface area contributed by atoms with Gasteiger partial charge in [-0.1, -0.05) is 24.3 Å². The van der Waals surface area contributed by atoms with Crippen molar-refractivity contribution in [3.63, 3.8) is 0 Å². The third kappa shape index (κ3) is 4.18. The number of hydrogen-bond acceptors (Lipinski definition) is 3. The van der Waals surface area contributed by atoms with Crippen molar-refractivity contribution < 1.29 is 13.9 Å². The molecule has 0 atom stereocenters. The summed E-state index contributed by atoms with van der Waals surface area (Å²) >= 11 is 0. The molecule has 0 bridgehead atoms. The van der Waals surface area contributed by atoms with E-state index in [1.54, 1.807) is 37.4 Å². The van der Waals surface area contributed by atoms with Crippen molar-refractivity contribution in [1.29, 1.82) is 0 Å². The monoisotopic (exact) mass is 317 g/mol. The minimum Gasteiger partial charge on any atom is -0.486 e. The van der Waals surface area contributed by atoms with Gasteiger partial charge in [0, 0.05) is 19.2 Å². The van der Waals surface area contributed by atoms with E-state index >= 15 is 0 Å². The van der Waals surface area contributed by atoms with Crippen LogP contribution in [0.1, 0.15) is 28.7 Å². The minimum atomic E-state index is -0.460. The van der Waals surface area contributed by atoms with Crippen LogP contribution in [0, 0.1) is 12.7 Å². The smallest absolute Gasteiger partial charge is 0.269 e. The summed E-state index contributed by atoms with van der Waals surface area (Å²) in [6.07, 6.45) is 3.62. The normalized spacial score (nSPS) is 11.0. The molecular weight excluding hydrogens is 297 g/mol. The molecule has 0 fully saturated rings. The number of carbonyl (C=O) groups excluding carboxylic acids is 1. The molecule has 0 aliphatic rings. The third-order valence-corrected chi connectivity index (χ3v) is 3.29. The number of nitrogens with one attached hydrogen (secondary N) is 1. The molecule has 5 nitrogen and oxygen atoms in total. The Morgan fingerprint density at radius 1 is 1.48 bits per heavy atom. The fraction of sp³-hybridized carbons (Fsp3) is 0.294. The van der Waals surface area contributed by atoms with E-state index in [4.69, 9.17) is 4.74 Å². The van der Waals surface area contributed by atoms with Crippen LogP contribution in [-0.4, -0.2) is 22.3 Å². The van der Waals surface area contributed by atoms with Gasteiger partial charge in [-0.25, -0.2) is 4.39 Å². The Labute approximate surface area is 134 Å². The van der Waals surface area contributed by atoms with E-state index in [-0.39, 0.29) is 18.2 Å². The van der Waals surface area contributed by atoms with Crippen molar-refractivity contribution in [1.82, 2.24) is 15.1 Å². The zero-order valence-electron chi connectivity index (χ0n) is 13.5. The molecule has 1 aromatic heterocycles. The van der Waals surface area contributed by atoms with Crippen LogP contribution in [0.25, 0.3) is 0 Å². The molecule has 0 radical (unpaired) electrons.